The number of anilines is 1. The average molecular weight is 285 g/mol. The van der Waals surface area contributed by atoms with E-state index in [1.54, 1.807) is 10.00 Å². The minimum Gasteiger partial charge on any atom is -0.337 e. The fourth-order valence-electron chi connectivity index (χ4n) is 1.78. The average Bonchev–Trinajstić information content (AvgIpc) is 2.77. The third-order valence-corrected chi connectivity index (χ3v) is 2.78. The summed E-state index contributed by atoms with van der Waals surface area (Å²) in [6.45, 7) is 3.33. The lowest BCUT2D eigenvalue weighted by Gasteiger charge is -2.30. The zero-order valence-electron chi connectivity index (χ0n) is 9.93. The van der Waals surface area contributed by atoms with Crippen LogP contribution in [-0.4, -0.2) is 47.0 Å². The number of nitrogens with one attached hydrogen (secondary N) is 2. The number of nitrogens with zero attached hydrogens (tertiary/aromatic N) is 3. The Hall–Kier alpha value is -1.45. The quantitative estimate of drug-likeness (QED) is 0.803. The van der Waals surface area contributed by atoms with Crippen molar-refractivity contribution in [3.63, 3.8) is 0 Å². The Morgan fingerprint density at radius 3 is 2.53 bits per heavy atom. The summed E-state index contributed by atoms with van der Waals surface area (Å²) < 4.78 is 62.6. The molecule has 0 saturated carbocycles. The Morgan fingerprint density at radius 2 is 1.95 bits per heavy atom. The van der Waals surface area contributed by atoms with Gasteiger partial charge in [-0.2, -0.15) is 26.9 Å². The SMILES string of the molecule is C[C@H]1CN(c2n[nH]c(C(F)(F)C(F)(F)F)n2)CCN1. The fraction of sp³-hybridized carbons (Fsp3) is 0.778. The molecule has 2 rings (SSSR count). The molecule has 1 aliphatic rings. The van der Waals surface area contributed by atoms with Gasteiger partial charge in [0, 0.05) is 25.7 Å². The van der Waals surface area contributed by atoms with Crippen LogP contribution in [0.5, 0.6) is 0 Å². The summed E-state index contributed by atoms with van der Waals surface area (Å²) in [5, 5.41) is 8.22. The van der Waals surface area contributed by atoms with Gasteiger partial charge in [0.05, 0.1) is 0 Å². The van der Waals surface area contributed by atoms with E-state index in [0.717, 1.165) is 0 Å². The summed E-state index contributed by atoms with van der Waals surface area (Å²) in [7, 11) is 0. The fourth-order valence-corrected chi connectivity index (χ4v) is 1.78. The van der Waals surface area contributed by atoms with E-state index in [2.05, 4.69) is 15.4 Å². The highest BCUT2D eigenvalue weighted by atomic mass is 19.4. The molecular formula is C9H12F5N5. The molecule has 0 bridgehead atoms. The number of halogens is 5. The van der Waals surface area contributed by atoms with E-state index in [4.69, 9.17) is 0 Å². The van der Waals surface area contributed by atoms with Gasteiger partial charge in [-0.15, -0.1) is 5.10 Å². The maximum Gasteiger partial charge on any atom is 0.461 e. The van der Waals surface area contributed by atoms with Crippen molar-refractivity contribution in [2.45, 2.75) is 25.1 Å². The van der Waals surface area contributed by atoms with Crippen molar-refractivity contribution in [1.29, 1.82) is 0 Å². The predicted molar refractivity (Wildman–Crippen MR) is 56.0 cm³/mol. The standard InChI is InChI=1S/C9H12F5N5/c1-5-4-19(3-2-15-5)7-16-6(17-18-7)8(10,11)9(12,13)14/h5,15H,2-4H2,1H3,(H,16,17,18)/t5-/m0/s1. The molecule has 0 aromatic carbocycles. The highest BCUT2D eigenvalue weighted by Gasteiger charge is 2.61. The van der Waals surface area contributed by atoms with Crippen molar-refractivity contribution in [3.8, 4) is 0 Å². The lowest BCUT2D eigenvalue weighted by Crippen LogP contribution is -2.49. The van der Waals surface area contributed by atoms with Gasteiger partial charge in [0.15, 0.2) is 0 Å². The molecule has 5 nitrogen and oxygen atoms in total. The van der Waals surface area contributed by atoms with E-state index < -0.39 is 17.9 Å². The summed E-state index contributed by atoms with van der Waals surface area (Å²) in [5.74, 6) is -6.66. The van der Waals surface area contributed by atoms with E-state index in [1.165, 1.54) is 0 Å². The lowest BCUT2D eigenvalue weighted by molar-refractivity contribution is -0.292. The molecule has 1 aromatic rings. The van der Waals surface area contributed by atoms with Crippen molar-refractivity contribution >= 4 is 5.95 Å². The maximum absolute atomic E-state index is 13.0. The van der Waals surface area contributed by atoms with Gasteiger partial charge in [-0.3, -0.25) is 5.10 Å². The number of rotatable bonds is 2. The van der Waals surface area contributed by atoms with E-state index in [-0.39, 0.29) is 12.0 Å². The Kier molecular flexibility index (Phi) is 3.37. The van der Waals surface area contributed by atoms with Gasteiger partial charge in [0.1, 0.15) is 0 Å². The van der Waals surface area contributed by atoms with Gasteiger partial charge in [-0.1, -0.05) is 0 Å². The van der Waals surface area contributed by atoms with Gasteiger partial charge in [-0.25, -0.2) is 0 Å². The molecule has 0 aliphatic carbocycles. The Morgan fingerprint density at radius 1 is 1.26 bits per heavy atom. The molecule has 2 N–H and O–H groups in total. The van der Waals surface area contributed by atoms with E-state index in [1.807, 2.05) is 6.92 Å². The summed E-state index contributed by atoms with van der Waals surface area (Å²) in [4.78, 5) is 4.82. The number of aromatic amines is 1. The lowest BCUT2D eigenvalue weighted by atomic mass is 10.2. The summed E-state index contributed by atoms with van der Waals surface area (Å²) in [5.41, 5.74) is 0. The first-order valence-corrected chi connectivity index (χ1v) is 5.57. The van der Waals surface area contributed by atoms with Crippen molar-refractivity contribution in [3.05, 3.63) is 5.82 Å². The molecule has 1 fully saturated rings. The van der Waals surface area contributed by atoms with Crippen molar-refractivity contribution in [2.75, 3.05) is 24.5 Å². The molecule has 1 saturated heterocycles. The molecule has 10 heteroatoms. The van der Waals surface area contributed by atoms with Crippen LogP contribution in [0.3, 0.4) is 0 Å². The third-order valence-electron chi connectivity index (χ3n) is 2.78. The van der Waals surface area contributed by atoms with Gasteiger partial charge >= 0.3 is 12.1 Å². The number of H-pyrrole nitrogens is 1. The molecule has 108 valence electrons. The first-order valence-electron chi connectivity index (χ1n) is 5.57. The van der Waals surface area contributed by atoms with Crippen LogP contribution in [0.1, 0.15) is 12.7 Å². The Balaban J connectivity index is 2.19. The molecule has 0 spiro atoms. The van der Waals surface area contributed by atoms with E-state index in [0.29, 0.717) is 19.6 Å². The van der Waals surface area contributed by atoms with Crippen LogP contribution in [-0.2, 0) is 5.92 Å². The second kappa shape index (κ2) is 4.58. The molecule has 1 atom stereocenters. The third kappa shape index (κ3) is 2.62. The molecule has 0 unspecified atom stereocenters. The molecule has 0 radical (unpaired) electrons. The van der Waals surface area contributed by atoms with Crippen molar-refractivity contribution in [1.82, 2.24) is 20.5 Å². The van der Waals surface area contributed by atoms with Crippen LogP contribution in [0.15, 0.2) is 0 Å². The van der Waals surface area contributed by atoms with E-state index in [9.17, 15) is 22.0 Å². The number of hydrogen-bond donors (Lipinski definition) is 2. The molecular weight excluding hydrogens is 273 g/mol. The summed E-state index contributed by atoms with van der Waals surface area (Å²) >= 11 is 0. The number of alkyl halides is 5. The summed E-state index contributed by atoms with van der Waals surface area (Å²) in [6, 6.07) is 0.0822. The van der Waals surface area contributed by atoms with Gasteiger partial charge in [0.25, 0.3) is 0 Å². The zero-order chi connectivity index (χ0) is 14.3. The maximum atomic E-state index is 13.0. The highest BCUT2D eigenvalue weighted by molar-refractivity contribution is 5.31. The monoisotopic (exact) mass is 285 g/mol. The van der Waals surface area contributed by atoms with Gasteiger partial charge in [0.2, 0.25) is 11.8 Å². The second-order valence-corrected chi connectivity index (χ2v) is 4.36. The molecule has 0 amide bonds. The first kappa shape index (κ1) is 14.0. The van der Waals surface area contributed by atoms with Crippen LogP contribution < -0.4 is 10.2 Å². The van der Waals surface area contributed by atoms with Crippen LogP contribution in [0.4, 0.5) is 27.9 Å². The van der Waals surface area contributed by atoms with Gasteiger partial charge < -0.3 is 10.2 Å². The van der Waals surface area contributed by atoms with Crippen molar-refractivity contribution < 1.29 is 22.0 Å². The zero-order valence-corrected chi connectivity index (χ0v) is 9.93. The molecule has 1 aromatic heterocycles. The largest absolute Gasteiger partial charge is 0.461 e. The van der Waals surface area contributed by atoms with Crippen LogP contribution in [0.25, 0.3) is 0 Å². The minimum absolute atomic E-state index is 0.0822. The Bertz CT molecular complexity index is 442. The molecule has 2 heterocycles. The van der Waals surface area contributed by atoms with Crippen LogP contribution >= 0.6 is 0 Å². The van der Waals surface area contributed by atoms with Crippen LogP contribution in [0, 0.1) is 0 Å². The minimum atomic E-state index is -5.69. The topological polar surface area (TPSA) is 56.8 Å². The summed E-state index contributed by atoms with van der Waals surface area (Å²) in [6.07, 6.45) is -5.69. The molecule has 19 heavy (non-hydrogen) atoms. The van der Waals surface area contributed by atoms with E-state index >= 15 is 0 Å². The van der Waals surface area contributed by atoms with Crippen molar-refractivity contribution in [2.24, 2.45) is 0 Å². The second-order valence-electron chi connectivity index (χ2n) is 4.36. The van der Waals surface area contributed by atoms with Gasteiger partial charge in [-0.05, 0) is 6.92 Å². The number of aromatic nitrogens is 3. The smallest absolute Gasteiger partial charge is 0.337 e. The molecule has 1 aliphatic heterocycles. The van der Waals surface area contributed by atoms with Crippen LogP contribution in [0.2, 0.25) is 0 Å². The first-order chi connectivity index (χ1) is 8.72. The highest BCUT2D eigenvalue weighted by Crippen LogP contribution is 2.42. The number of hydrogen-bond acceptors (Lipinski definition) is 4. The Labute approximate surface area is 105 Å². The predicted octanol–water partition coefficient (Wildman–Crippen LogP) is 1.26. The number of piperazine rings is 1. The normalized spacial score (nSPS) is 21.8.